The van der Waals surface area contributed by atoms with E-state index in [2.05, 4.69) is 16.5 Å². The topological polar surface area (TPSA) is 84.9 Å². The molecule has 3 aliphatic rings. The molecule has 0 aromatic heterocycles. The minimum Gasteiger partial charge on any atom is -0.492 e. The minimum absolute atomic E-state index is 0.0262. The zero-order valence-corrected chi connectivity index (χ0v) is 20.5. The summed E-state index contributed by atoms with van der Waals surface area (Å²) in [5.74, 6) is -1.63. The van der Waals surface area contributed by atoms with Gasteiger partial charge in [0.25, 0.3) is 10.0 Å². The molecule has 1 aliphatic carbocycles. The molecule has 7 nitrogen and oxygen atoms in total. The van der Waals surface area contributed by atoms with Gasteiger partial charge >= 0.3 is 5.97 Å². The van der Waals surface area contributed by atoms with E-state index in [9.17, 15) is 17.6 Å². The molecule has 2 fully saturated rings. The van der Waals surface area contributed by atoms with E-state index in [1.165, 1.54) is 19.2 Å². The molecule has 10 heteroatoms. The van der Waals surface area contributed by atoms with Crippen LogP contribution in [0.3, 0.4) is 0 Å². The fourth-order valence-corrected chi connectivity index (χ4v) is 6.64. The highest BCUT2D eigenvalue weighted by Crippen LogP contribution is 2.56. The number of ether oxygens (including phenoxy) is 2. The number of carbonyl (C=O) groups excluding carboxylic acids is 1. The van der Waals surface area contributed by atoms with Gasteiger partial charge in [-0.15, -0.1) is 0 Å². The Morgan fingerprint density at radius 2 is 2.09 bits per heavy atom. The second-order valence-corrected chi connectivity index (χ2v) is 11.2. The van der Waals surface area contributed by atoms with Gasteiger partial charge in [0.15, 0.2) is 0 Å². The smallest absolute Gasteiger partial charge is 0.343 e. The summed E-state index contributed by atoms with van der Waals surface area (Å²) in [5.41, 5.74) is 0.209. The maximum absolute atomic E-state index is 15.1. The number of likely N-dealkylation sites (tertiary alicyclic amines) is 1. The fourth-order valence-electron chi connectivity index (χ4n) is 5.35. The number of halogens is 2. The molecule has 1 N–H and O–H groups in total. The number of methoxy groups -OCH3 is 1. The molecule has 5 rings (SSSR count). The van der Waals surface area contributed by atoms with Crippen molar-refractivity contribution < 1.29 is 31.5 Å². The van der Waals surface area contributed by atoms with Gasteiger partial charge in [-0.25, -0.2) is 22.0 Å². The van der Waals surface area contributed by atoms with Crippen LogP contribution in [0.5, 0.6) is 5.75 Å². The number of rotatable bonds is 7. The van der Waals surface area contributed by atoms with Gasteiger partial charge in [0.1, 0.15) is 22.9 Å². The van der Waals surface area contributed by atoms with Gasteiger partial charge in [-0.2, -0.15) is 0 Å². The molecule has 0 spiro atoms. The Morgan fingerprint density at radius 1 is 1.29 bits per heavy atom. The van der Waals surface area contributed by atoms with Gasteiger partial charge in [0.2, 0.25) is 0 Å². The summed E-state index contributed by atoms with van der Waals surface area (Å²) in [6.45, 7) is 5.01. The number of nitrogens with one attached hydrogen (secondary N) is 1. The monoisotopic (exact) mass is 506 g/mol. The first-order valence-corrected chi connectivity index (χ1v) is 13.3. The van der Waals surface area contributed by atoms with Crippen LogP contribution in [0, 0.1) is 23.5 Å². The van der Waals surface area contributed by atoms with E-state index in [1.807, 2.05) is 0 Å². The zero-order valence-electron chi connectivity index (χ0n) is 19.6. The first-order valence-electron chi connectivity index (χ1n) is 11.8. The summed E-state index contributed by atoms with van der Waals surface area (Å²) in [7, 11) is -3.13. The Balaban J connectivity index is 1.51. The Labute approximate surface area is 203 Å². The molecular formula is C25H28F2N2O5S. The van der Waals surface area contributed by atoms with Gasteiger partial charge in [0.05, 0.1) is 24.3 Å². The average molecular weight is 507 g/mol. The van der Waals surface area contributed by atoms with Crippen LogP contribution in [0.15, 0.2) is 29.2 Å². The van der Waals surface area contributed by atoms with Crippen LogP contribution in [0.25, 0.3) is 0 Å². The third kappa shape index (κ3) is 4.49. The number of hydrogen-bond donors (Lipinski definition) is 1. The van der Waals surface area contributed by atoms with Crippen molar-refractivity contribution in [3.05, 3.63) is 52.6 Å². The highest BCUT2D eigenvalue weighted by atomic mass is 32.2. The number of fused-ring (bicyclic) bond motifs is 3. The van der Waals surface area contributed by atoms with Gasteiger partial charge in [-0.05, 0) is 74.0 Å². The molecule has 0 bridgehead atoms. The van der Waals surface area contributed by atoms with Gasteiger partial charge < -0.3 is 14.4 Å². The van der Waals surface area contributed by atoms with Crippen LogP contribution in [-0.2, 0) is 21.2 Å². The first kappa shape index (κ1) is 24.0. The third-order valence-corrected chi connectivity index (χ3v) is 8.74. The number of esters is 1. The van der Waals surface area contributed by atoms with Crippen LogP contribution in [0.4, 0.5) is 14.5 Å². The molecule has 35 heavy (non-hydrogen) atoms. The molecule has 2 aromatic rings. The molecule has 1 saturated heterocycles. The maximum atomic E-state index is 15.1. The van der Waals surface area contributed by atoms with Crippen LogP contribution in [0.1, 0.15) is 47.2 Å². The lowest BCUT2D eigenvalue weighted by atomic mass is 9.98. The van der Waals surface area contributed by atoms with Crippen LogP contribution >= 0.6 is 0 Å². The normalized spacial score (nSPS) is 23.3. The van der Waals surface area contributed by atoms with Crippen LogP contribution in [-0.4, -0.2) is 52.6 Å². The number of anilines is 1. The van der Waals surface area contributed by atoms with E-state index in [0.717, 1.165) is 44.6 Å². The van der Waals surface area contributed by atoms with E-state index < -0.39 is 27.6 Å². The summed E-state index contributed by atoms with van der Waals surface area (Å²) in [6.07, 6.45) is 2.03. The number of nitrogens with zero attached hydrogens (tertiary/aromatic N) is 1. The summed E-state index contributed by atoms with van der Waals surface area (Å²) in [5, 5.41) is 0. The number of sulfonamides is 1. The standard InChI is InChI=1S/C25H28F2N2O5S/c1-3-29-7-6-14(12-29)8-15-9-17(26)4-5-21(15)35(31,32)28-20-11-19(27)22-18-10-16(18)13-34-24(22)23(20)25(30)33-2/h4-5,9,11,14,16,18,28H,3,6-8,10,12-13H2,1-2H3. The molecule has 2 aliphatic heterocycles. The SMILES string of the molecule is CCN1CCC(Cc2cc(F)ccc2S(=O)(=O)Nc2cc(F)c3c(c2C(=O)OC)OCC2CC32)C1. The van der Waals surface area contributed by atoms with Crippen molar-refractivity contribution >= 4 is 21.7 Å². The minimum atomic E-state index is -4.29. The molecule has 3 atom stereocenters. The molecule has 188 valence electrons. The van der Waals surface area contributed by atoms with Gasteiger partial charge in [-0.1, -0.05) is 6.92 Å². The van der Waals surface area contributed by atoms with Crippen molar-refractivity contribution in [3.8, 4) is 5.75 Å². The predicted octanol–water partition coefficient (Wildman–Crippen LogP) is 3.93. The van der Waals surface area contributed by atoms with Crippen molar-refractivity contribution in [3.63, 3.8) is 0 Å². The van der Waals surface area contributed by atoms with E-state index >= 15 is 4.39 Å². The lowest BCUT2D eigenvalue weighted by molar-refractivity contribution is 0.0596. The summed E-state index contributed by atoms with van der Waals surface area (Å²) >= 11 is 0. The molecule has 2 heterocycles. The van der Waals surface area contributed by atoms with Crippen LogP contribution in [0.2, 0.25) is 0 Å². The molecule has 0 radical (unpaired) electrons. The lowest BCUT2D eigenvalue weighted by Gasteiger charge is -2.23. The van der Waals surface area contributed by atoms with Crippen LogP contribution < -0.4 is 9.46 Å². The van der Waals surface area contributed by atoms with Crippen molar-refractivity contribution in [1.29, 1.82) is 0 Å². The predicted molar refractivity (Wildman–Crippen MR) is 125 cm³/mol. The van der Waals surface area contributed by atoms with Crippen molar-refractivity contribution in [1.82, 2.24) is 4.90 Å². The van der Waals surface area contributed by atoms with E-state index in [-0.39, 0.29) is 45.2 Å². The molecule has 1 saturated carbocycles. The average Bonchev–Trinajstić information content (AvgIpc) is 3.47. The number of hydrogen-bond acceptors (Lipinski definition) is 6. The Bertz CT molecular complexity index is 1280. The largest absolute Gasteiger partial charge is 0.492 e. The maximum Gasteiger partial charge on any atom is 0.343 e. The highest BCUT2D eigenvalue weighted by molar-refractivity contribution is 7.92. The lowest BCUT2D eigenvalue weighted by Crippen LogP contribution is -2.22. The summed E-state index contributed by atoms with van der Waals surface area (Å²) in [4.78, 5) is 14.8. The molecule has 3 unspecified atom stereocenters. The number of carbonyl (C=O) groups is 1. The molecule has 2 aromatic carbocycles. The first-order chi connectivity index (χ1) is 16.7. The Morgan fingerprint density at radius 3 is 2.80 bits per heavy atom. The van der Waals surface area contributed by atoms with E-state index in [4.69, 9.17) is 9.47 Å². The van der Waals surface area contributed by atoms with Crippen molar-refractivity contribution in [2.24, 2.45) is 11.8 Å². The van der Waals surface area contributed by atoms with E-state index in [1.54, 1.807) is 0 Å². The second kappa shape index (κ2) is 9.05. The Kier molecular flexibility index (Phi) is 6.21. The third-order valence-electron chi connectivity index (χ3n) is 7.28. The van der Waals surface area contributed by atoms with Crippen molar-refractivity contribution in [2.45, 2.75) is 37.0 Å². The quantitative estimate of drug-likeness (QED) is 0.573. The van der Waals surface area contributed by atoms with Gasteiger partial charge in [0, 0.05) is 18.0 Å². The van der Waals surface area contributed by atoms with Crippen molar-refractivity contribution in [2.75, 3.05) is 38.1 Å². The zero-order chi connectivity index (χ0) is 24.9. The molecule has 0 amide bonds. The number of benzene rings is 2. The second-order valence-electron chi connectivity index (χ2n) is 9.54. The Hall–Kier alpha value is -2.72. The van der Waals surface area contributed by atoms with Gasteiger partial charge in [-0.3, -0.25) is 4.72 Å². The molecular weight excluding hydrogens is 478 g/mol. The van der Waals surface area contributed by atoms with E-state index in [0.29, 0.717) is 18.6 Å². The fraction of sp³-hybridized carbons (Fsp3) is 0.480. The summed E-state index contributed by atoms with van der Waals surface area (Å²) < 4.78 is 69.1. The highest BCUT2D eigenvalue weighted by Gasteiger charge is 2.47. The summed E-state index contributed by atoms with van der Waals surface area (Å²) in [6, 6.07) is 4.52.